The van der Waals surface area contributed by atoms with Crippen LogP contribution < -0.4 is 0 Å². The van der Waals surface area contributed by atoms with Crippen LogP contribution in [0, 0.1) is 17.7 Å². The lowest BCUT2D eigenvalue weighted by Gasteiger charge is -2.20. The Morgan fingerprint density at radius 3 is 2.60 bits per heavy atom. The zero-order chi connectivity index (χ0) is 18.4. The number of hydrogen-bond acceptors (Lipinski definition) is 4. The molecule has 1 atom stereocenters. The molecule has 0 bridgehead atoms. The number of nitrogens with zero attached hydrogens (tertiary/aromatic N) is 1. The van der Waals surface area contributed by atoms with Crippen LogP contribution in [0.5, 0.6) is 0 Å². The summed E-state index contributed by atoms with van der Waals surface area (Å²) in [4.78, 5) is 28.2. The van der Waals surface area contributed by atoms with Gasteiger partial charge in [0.15, 0.2) is 0 Å². The van der Waals surface area contributed by atoms with Gasteiger partial charge in [0.1, 0.15) is 16.6 Å². The van der Waals surface area contributed by atoms with Crippen molar-refractivity contribution in [2.75, 3.05) is 0 Å². The first-order valence-electron chi connectivity index (χ1n) is 8.39. The van der Waals surface area contributed by atoms with Crippen molar-refractivity contribution < 1.29 is 19.1 Å². The van der Waals surface area contributed by atoms with E-state index in [1.165, 1.54) is 23.5 Å². The molecule has 0 spiro atoms. The molecule has 0 aliphatic heterocycles. The normalized spacial score (nSPS) is 12.3. The number of halogens is 1. The monoisotopic (exact) mass is 363 g/mol. The third-order valence-electron chi connectivity index (χ3n) is 4.38. The average molecular weight is 363 g/mol. The Labute approximate surface area is 150 Å². The van der Waals surface area contributed by atoms with Gasteiger partial charge in [0.25, 0.3) is 0 Å². The highest BCUT2D eigenvalue weighted by atomic mass is 32.1. The van der Waals surface area contributed by atoms with Crippen molar-refractivity contribution in [2.45, 2.75) is 39.5 Å². The van der Waals surface area contributed by atoms with Gasteiger partial charge in [0, 0.05) is 23.8 Å². The molecule has 2 rings (SSSR count). The summed E-state index contributed by atoms with van der Waals surface area (Å²) in [6.45, 7) is 3.89. The van der Waals surface area contributed by atoms with Crippen molar-refractivity contribution in [3.8, 4) is 10.6 Å². The number of rotatable bonds is 9. The Morgan fingerprint density at radius 2 is 2.00 bits per heavy atom. The molecule has 2 aromatic rings. The lowest BCUT2D eigenvalue weighted by molar-refractivity contribution is -0.146. The van der Waals surface area contributed by atoms with Crippen LogP contribution in [0.25, 0.3) is 10.6 Å². The van der Waals surface area contributed by atoms with Gasteiger partial charge < -0.3 is 5.11 Å². The summed E-state index contributed by atoms with van der Waals surface area (Å²) in [6.07, 6.45) is 1.60. The molecule has 1 aromatic carbocycles. The lowest BCUT2D eigenvalue weighted by atomic mass is 9.84. The maximum absolute atomic E-state index is 13.3. The van der Waals surface area contributed by atoms with Crippen molar-refractivity contribution in [2.24, 2.45) is 11.8 Å². The van der Waals surface area contributed by atoms with Crippen LogP contribution in [-0.2, 0) is 16.0 Å². The zero-order valence-electron chi connectivity index (χ0n) is 14.4. The smallest absolute Gasteiger partial charge is 0.307 e. The van der Waals surface area contributed by atoms with E-state index in [9.17, 15) is 19.1 Å². The van der Waals surface area contributed by atoms with Gasteiger partial charge in [0.05, 0.1) is 11.6 Å². The summed E-state index contributed by atoms with van der Waals surface area (Å²) >= 11 is 1.35. The predicted molar refractivity (Wildman–Crippen MR) is 96.0 cm³/mol. The standard InChI is InChI=1S/C19H22FNO3S/c1-3-12(4-2)17(19(23)24)10-16(22)9-15-11-25-18(21-15)13-6-5-7-14(20)8-13/h5-8,11-12,17H,3-4,9-10H2,1-2H3,(H,23,24). The number of ketones is 1. The number of carbonyl (C=O) groups is 2. The first-order chi connectivity index (χ1) is 11.9. The Kier molecular flexibility index (Phi) is 6.82. The second kappa shape index (κ2) is 8.85. The largest absolute Gasteiger partial charge is 0.481 e. The first kappa shape index (κ1) is 19.2. The van der Waals surface area contributed by atoms with Crippen LogP contribution in [0.15, 0.2) is 29.6 Å². The molecule has 6 heteroatoms. The fourth-order valence-corrected chi connectivity index (χ4v) is 3.79. The SMILES string of the molecule is CCC(CC)C(CC(=O)Cc1csc(-c2cccc(F)c2)n1)C(=O)O. The molecule has 134 valence electrons. The van der Waals surface area contributed by atoms with Gasteiger partial charge in [-0.2, -0.15) is 0 Å². The molecule has 1 unspecified atom stereocenters. The van der Waals surface area contributed by atoms with E-state index in [1.54, 1.807) is 17.5 Å². The van der Waals surface area contributed by atoms with Crippen molar-refractivity contribution in [1.82, 2.24) is 4.98 Å². The summed E-state index contributed by atoms with van der Waals surface area (Å²) in [5, 5.41) is 11.8. The fraction of sp³-hybridized carbons (Fsp3) is 0.421. The second-order valence-electron chi connectivity index (χ2n) is 6.10. The van der Waals surface area contributed by atoms with E-state index in [2.05, 4.69) is 4.98 Å². The topological polar surface area (TPSA) is 67.3 Å². The van der Waals surface area contributed by atoms with Crippen LogP contribution in [0.1, 0.15) is 38.8 Å². The van der Waals surface area contributed by atoms with E-state index in [0.29, 0.717) is 16.3 Å². The van der Waals surface area contributed by atoms with E-state index in [4.69, 9.17) is 0 Å². The molecule has 1 N–H and O–H groups in total. The predicted octanol–water partition coefficient (Wildman–Crippen LogP) is 4.59. The van der Waals surface area contributed by atoms with Gasteiger partial charge in [-0.1, -0.05) is 38.8 Å². The molecule has 0 fully saturated rings. The Bertz CT molecular complexity index is 740. The van der Waals surface area contributed by atoms with Crippen LogP contribution in [-0.4, -0.2) is 21.8 Å². The van der Waals surface area contributed by atoms with Crippen molar-refractivity contribution in [3.63, 3.8) is 0 Å². The van der Waals surface area contributed by atoms with Gasteiger partial charge in [0.2, 0.25) is 0 Å². The number of carboxylic acid groups (broad SMARTS) is 1. The van der Waals surface area contributed by atoms with Gasteiger partial charge in [-0.05, 0) is 18.1 Å². The first-order valence-corrected chi connectivity index (χ1v) is 9.27. The summed E-state index contributed by atoms with van der Waals surface area (Å²) in [7, 11) is 0. The van der Waals surface area contributed by atoms with Crippen LogP contribution in [0.2, 0.25) is 0 Å². The van der Waals surface area contributed by atoms with Gasteiger partial charge in [-0.25, -0.2) is 9.37 Å². The molecule has 4 nitrogen and oxygen atoms in total. The molecule has 0 amide bonds. The van der Waals surface area contributed by atoms with Gasteiger partial charge in [-0.15, -0.1) is 11.3 Å². The maximum Gasteiger partial charge on any atom is 0.307 e. The molecule has 0 aliphatic carbocycles. The van der Waals surface area contributed by atoms with E-state index in [1.807, 2.05) is 13.8 Å². The molecule has 0 radical (unpaired) electrons. The van der Waals surface area contributed by atoms with E-state index < -0.39 is 11.9 Å². The quantitative estimate of drug-likeness (QED) is 0.708. The summed E-state index contributed by atoms with van der Waals surface area (Å²) in [5.74, 6) is -2.03. The minimum Gasteiger partial charge on any atom is -0.481 e. The Hall–Kier alpha value is -2.08. The molecule has 1 aromatic heterocycles. The molecular formula is C19H22FNO3S. The summed E-state index contributed by atoms with van der Waals surface area (Å²) < 4.78 is 13.3. The summed E-state index contributed by atoms with van der Waals surface area (Å²) in [5.41, 5.74) is 1.27. The van der Waals surface area contributed by atoms with Crippen LogP contribution in [0.4, 0.5) is 4.39 Å². The Morgan fingerprint density at radius 1 is 1.28 bits per heavy atom. The highest BCUT2D eigenvalue weighted by molar-refractivity contribution is 7.13. The zero-order valence-corrected chi connectivity index (χ0v) is 15.2. The van der Waals surface area contributed by atoms with Crippen molar-refractivity contribution >= 4 is 23.1 Å². The van der Waals surface area contributed by atoms with Gasteiger partial charge in [-0.3, -0.25) is 9.59 Å². The minimum absolute atomic E-state index is 0.000242. The number of carbonyl (C=O) groups excluding carboxylic acids is 1. The van der Waals surface area contributed by atoms with Crippen molar-refractivity contribution in [3.05, 3.63) is 41.2 Å². The molecule has 0 saturated heterocycles. The van der Waals surface area contributed by atoms with Gasteiger partial charge >= 0.3 is 5.97 Å². The maximum atomic E-state index is 13.3. The molecule has 0 aliphatic rings. The van der Waals surface area contributed by atoms with E-state index in [0.717, 1.165) is 12.8 Å². The molecule has 1 heterocycles. The summed E-state index contributed by atoms with van der Waals surface area (Å²) in [6, 6.07) is 6.15. The number of aromatic nitrogens is 1. The number of benzene rings is 1. The second-order valence-corrected chi connectivity index (χ2v) is 6.95. The highest BCUT2D eigenvalue weighted by Crippen LogP contribution is 2.26. The molecular weight excluding hydrogens is 341 g/mol. The number of aliphatic carboxylic acids is 1. The van der Waals surface area contributed by atoms with E-state index >= 15 is 0 Å². The highest BCUT2D eigenvalue weighted by Gasteiger charge is 2.28. The van der Waals surface area contributed by atoms with E-state index in [-0.39, 0.29) is 30.4 Å². The minimum atomic E-state index is -0.916. The number of Topliss-reactive ketones (excluding diaryl/α,β-unsaturated/α-hetero) is 1. The average Bonchev–Trinajstić information content (AvgIpc) is 3.03. The number of hydrogen-bond donors (Lipinski definition) is 1. The van der Waals surface area contributed by atoms with Crippen molar-refractivity contribution in [1.29, 1.82) is 0 Å². The lowest BCUT2D eigenvalue weighted by Crippen LogP contribution is -2.26. The third kappa shape index (κ3) is 5.19. The number of carboxylic acids is 1. The Balaban J connectivity index is 2.04. The van der Waals surface area contributed by atoms with Crippen LogP contribution in [0.3, 0.4) is 0 Å². The molecule has 25 heavy (non-hydrogen) atoms. The molecule has 0 saturated carbocycles. The third-order valence-corrected chi connectivity index (χ3v) is 5.32. The van der Waals surface area contributed by atoms with Crippen LogP contribution >= 0.6 is 11.3 Å². The fourth-order valence-electron chi connectivity index (χ4n) is 2.98. The number of thiazole rings is 1.